The summed E-state index contributed by atoms with van der Waals surface area (Å²) in [6.45, 7) is 5.36. The molecule has 1 aliphatic rings. The van der Waals surface area contributed by atoms with Gasteiger partial charge >= 0.3 is 0 Å². The highest BCUT2D eigenvalue weighted by molar-refractivity contribution is 5.77. The second-order valence-corrected chi connectivity index (χ2v) is 4.25. The predicted octanol–water partition coefficient (Wildman–Crippen LogP) is 1.63. The molecule has 1 fully saturated rings. The third-order valence-electron chi connectivity index (χ3n) is 3.15. The fourth-order valence-electron chi connectivity index (χ4n) is 2.25. The molecule has 1 aromatic carbocycles. The molecule has 0 amide bonds. The quantitative estimate of drug-likeness (QED) is 0.788. The Morgan fingerprint density at radius 3 is 3.31 bits per heavy atom. The van der Waals surface area contributed by atoms with E-state index in [-0.39, 0.29) is 0 Å². The molecule has 0 bridgehead atoms. The molecule has 0 saturated carbocycles. The third-order valence-corrected chi connectivity index (χ3v) is 3.15. The normalized spacial score (nSPS) is 21.6. The number of aromatic nitrogens is 1. The van der Waals surface area contributed by atoms with Crippen molar-refractivity contribution in [2.75, 3.05) is 24.5 Å². The molecular weight excluding hydrogens is 202 g/mol. The maximum absolute atomic E-state index is 5.25. The first kappa shape index (κ1) is 9.66. The Morgan fingerprint density at radius 1 is 1.50 bits per heavy atom. The van der Waals surface area contributed by atoms with Gasteiger partial charge in [-0.2, -0.15) is 0 Å². The lowest BCUT2D eigenvalue weighted by Crippen LogP contribution is -2.49. The lowest BCUT2D eigenvalue weighted by atomic mass is 10.1. The molecular formula is C12H15N3O. The van der Waals surface area contributed by atoms with Crippen molar-refractivity contribution in [3.05, 3.63) is 24.6 Å². The first-order chi connectivity index (χ1) is 7.84. The zero-order valence-corrected chi connectivity index (χ0v) is 9.31. The fraction of sp³-hybridized carbons (Fsp3) is 0.417. The highest BCUT2D eigenvalue weighted by atomic mass is 16.3. The number of nitrogens with one attached hydrogen (secondary N) is 1. The molecule has 4 heteroatoms. The van der Waals surface area contributed by atoms with E-state index in [1.54, 1.807) is 0 Å². The minimum absolute atomic E-state index is 0.526. The van der Waals surface area contributed by atoms with E-state index in [2.05, 4.69) is 34.3 Å². The zero-order valence-electron chi connectivity index (χ0n) is 9.31. The average molecular weight is 217 g/mol. The van der Waals surface area contributed by atoms with Crippen LogP contribution in [0.15, 0.2) is 29.0 Å². The van der Waals surface area contributed by atoms with Crippen LogP contribution in [-0.2, 0) is 0 Å². The van der Waals surface area contributed by atoms with Crippen LogP contribution in [0.2, 0.25) is 0 Å². The molecule has 2 aromatic rings. The molecule has 2 heterocycles. The summed E-state index contributed by atoms with van der Waals surface area (Å²) >= 11 is 0. The van der Waals surface area contributed by atoms with Gasteiger partial charge in [0.05, 0.1) is 0 Å². The number of anilines is 1. The van der Waals surface area contributed by atoms with Crippen LogP contribution in [0.3, 0.4) is 0 Å². The van der Waals surface area contributed by atoms with E-state index in [0.29, 0.717) is 6.04 Å². The van der Waals surface area contributed by atoms with Crippen molar-refractivity contribution < 1.29 is 4.42 Å². The Hall–Kier alpha value is -1.55. The highest BCUT2D eigenvalue weighted by Gasteiger charge is 2.18. The van der Waals surface area contributed by atoms with Gasteiger partial charge in [0, 0.05) is 31.4 Å². The Balaban J connectivity index is 1.97. The van der Waals surface area contributed by atoms with E-state index in [0.717, 1.165) is 30.7 Å². The Kier molecular flexibility index (Phi) is 2.29. The second kappa shape index (κ2) is 3.79. The van der Waals surface area contributed by atoms with Crippen LogP contribution in [-0.4, -0.2) is 30.7 Å². The molecule has 16 heavy (non-hydrogen) atoms. The Labute approximate surface area is 94.3 Å². The topological polar surface area (TPSA) is 41.3 Å². The fourth-order valence-corrected chi connectivity index (χ4v) is 2.25. The molecule has 84 valence electrons. The van der Waals surface area contributed by atoms with Crippen LogP contribution >= 0.6 is 0 Å². The number of oxazole rings is 1. The summed E-state index contributed by atoms with van der Waals surface area (Å²) < 4.78 is 5.25. The molecule has 0 aliphatic carbocycles. The van der Waals surface area contributed by atoms with Gasteiger partial charge in [0.25, 0.3) is 0 Å². The van der Waals surface area contributed by atoms with Crippen LogP contribution in [0.25, 0.3) is 11.1 Å². The monoisotopic (exact) mass is 217 g/mol. The first-order valence-corrected chi connectivity index (χ1v) is 5.65. The first-order valence-electron chi connectivity index (χ1n) is 5.65. The van der Waals surface area contributed by atoms with E-state index in [1.807, 2.05) is 6.07 Å². The molecule has 0 unspecified atom stereocenters. The number of rotatable bonds is 1. The standard InChI is InChI=1S/C12H15N3O/c1-9-7-13-4-5-15(9)10-2-3-12-11(6-10)14-8-16-12/h2-3,6,8-9,13H,4-5,7H2,1H3/t9-/m0/s1. The molecule has 1 atom stereocenters. The molecule has 0 spiro atoms. The molecule has 1 saturated heterocycles. The average Bonchev–Trinajstić information content (AvgIpc) is 2.76. The SMILES string of the molecule is C[C@H]1CNCCN1c1ccc2ocnc2c1. The van der Waals surface area contributed by atoms with E-state index < -0.39 is 0 Å². The van der Waals surface area contributed by atoms with Gasteiger partial charge in [-0.05, 0) is 25.1 Å². The Morgan fingerprint density at radius 2 is 2.44 bits per heavy atom. The van der Waals surface area contributed by atoms with Gasteiger partial charge in [-0.25, -0.2) is 4.98 Å². The van der Waals surface area contributed by atoms with E-state index in [9.17, 15) is 0 Å². The molecule has 1 N–H and O–H groups in total. The van der Waals surface area contributed by atoms with Crippen LogP contribution < -0.4 is 10.2 Å². The van der Waals surface area contributed by atoms with Gasteiger partial charge < -0.3 is 14.6 Å². The summed E-state index contributed by atoms with van der Waals surface area (Å²) in [5.41, 5.74) is 3.02. The van der Waals surface area contributed by atoms with Gasteiger partial charge in [-0.3, -0.25) is 0 Å². The molecule has 4 nitrogen and oxygen atoms in total. The summed E-state index contributed by atoms with van der Waals surface area (Å²) in [5, 5.41) is 3.39. The number of fused-ring (bicyclic) bond motifs is 1. The number of benzene rings is 1. The smallest absolute Gasteiger partial charge is 0.181 e. The van der Waals surface area contributed by atoms with E-state index in [4.69, 9.17) is 4.42 Å². The van der Waals surface area contributed by atoms with Crippen molar-refractivity contribution >= 4 is 16.8 Å². The second-order valence-electron chi connectivity index (χ2n) is 4.25. The summed E-state index contributed by atoms with van der Waals surface area (Å²) in [5.74, 6) is 0. The zero-order chi connectivity index (χ0) is 11.0. The minimum Gasteiger partial charge on any atom is -0.443 e. The van der Waals surface area contributed by atoms with Crippen LogP contribution in [0.4, 0.5) is 5.69 Å². The summed E-state index contributed by atoms with van der Waals surface area (Å²) in [4.78, 5) is 6.60. The third kappa shape index (κ3) is 1.55. The number of nitrogens with zero attached hydrogens (tertiary/aromatic N) is 2. The number of hydrogen-bond donors (Lipinski definition) is 1. The molecule has 0 radical (unpaired) electrons. The molecule has 1 aliphatic heterocycles. The van der Waals surface area contributed by atoms with E-state index in [1.165, 1.54) is 12.1 Å². The largest absolute Gasteiger partial charge is 0.443 e. The van der Waals surface area contributed by atoms with Crippen LogP contribution in [0.1, 0.15) is 6.92 Å². The van der Waals surface area contributed by atoms with Crippen molar-refractivity contribution in [2.45, 2.75) is 13.0 Å². The summed E-state index contributed by atoms with van der Waals surface area (Å²) in [7, 11) is 0. The highest BCUT2D eigenvalue weighted by Crippen LogP contribution is 2.23. The van der Waals surface area contributed by atoms with Gasteiger partial charge in [0.15, 0.2) is 12.0 Å². The number of piperazine rings is 1. The lowest BCUT2D eigenvalue weighted by Gasteiger charge is -2.35. The van der Waals surface area contributed by atoms with Gasteiger partial charge in [-0.15, -0.1) is 0 Å². The van der Waals surface area contributed by atoms with Crippen molar-refractivity contribution in [3.63, 3.8) is 0 Å². The molecule has 3 rings (SSSR count). The van der Waals surface area contributed by atoms with Crippen molar-refractivity contribution in [3.8, 4) is 0 Å². The van der Waals surface area contributed by atoms with Gasteiger partial charge in [0.1, 0.15) is 5.52 Å². The van der Waals surface area contributed by atoms with E-state index >= 15 is 0 Å². The lowest BCUT2D eigenvalue weighted by molar-refractivity contribution is 0.501. The van der Waals surface area contributed by atoms with Crippen LogP contribution in [0.5, 0.6) is 0 Å². The van der Waals surface area contributed by atoms with Gasteiger partial charge in [0.2, 0.25) is 0 Å². The maximum Gasteiger partial charge on any atom is 0.181 e. The van der Waals surface area contributed by atoms with Crippen molar-refractivity contribution in [2.24, 2.45) is 0 Å². The van der Waals surface area contributed by atoms with Gasteiger partial charge in [-0.1, -0.05) is 0 Å². The van der Waals surface area contributed by atoms with Crippen molar-refractivity contribution in [1.82, 2.24) is 10.3 Å². The van der Waals surface area contributed by atoms with Crippen molar-refractivity contribution in [1.29, 1.82) is 0 Å². The predicted molar refractivity (Wildman–Crippen MR) is 63.7 cm³/mol. The minimum atomic E-state index is 0.526. The summed E-state index contributed by atoms with van der Waals surface area (Å²) in [6, 6.07) is 6.72. The number of hydrogen-bond acceptors (Lipinski definition) is 4. The summed E-state index contributed by atoms with van der Waals surface area (Å²) in [6.07, 6.45) is 1.50. The molecule has 1 aromatic heterocycles. The van der Waals surface area contributed by atoms with Crippen LogP contribution in [0, 0.1) is 0 Å². The maximum atomic E-state index is 5.25. The Bertz CT molecular complexity index is 494.